The molecule has 1 aliphatic carbocycles. The molecule has 0 unspecified atom stereocenters. The number of hydrogen-bond acceptors (Lipinski definition) is 3. The molecule has 2 aromatic rings. The van der Waals surface area contributed by atoms with Crippen molar-refractivity contribution in [1.29, 1.82) is 0 Å². The summed E-state index contributed by atoms with van der Waals surface area (Å²) in [5.41, 5.74) is 3.00. The predicted octanol–water partition coefficient (Wildman–Crippen LogP) is 3.97. The largest absolute Gasteiger partial charge is 0.454 e. The van der Waals surface area contributed by atoms with Crippen LogP contribution in [0.25, 0.3) is 0 Å². The average Bonchev–Trinajstić information content (AvgIpc) is 3.26. The lowest BCUT2D eigenvalue weighted by molar-refractivity contribution is 0.173. The number of benzene rings is 2. The Morgan fingerprint density at radius 1 is 1.04 bits per heavy atom. The fourth-order valence-electron chi connectivity index (χ4n) is 3.72. The van der Waals surface area contributed by atoms with E-state index < -0.39 is 0 Å². The lowest BCUT2D eigenvalue weighted by atomic mass is 9.87. The SMILES string of the molecule is C[C@@H](N(C)Cc1ccccc1)C1(c2ccc3c(c2)OCO3)CC1. The molecule has 0 bridgehead atoms. The van der Waals surface area contributed by atoms with E-state index in [-0.39, 0.29) is 5.41 Å². The van der Waals surface area contributed by atoms with Crippen LogP contribution in [0.4, 0.5) is 0 Å². The number of nitrogens with zero attached hydrogens (tertiary/aromatic N) is 1. The molecule has 120 valence electrons. The minimum Gasteiger partial charge on any atom is -0.454 e. The first-order valence-corrected chi connectivity index (χ1v) is 8.33. The summed E-state index contributed by atoms with van der Waals surface area (Å²) in [6.07, 6.45) is 2.49. The second kappa shape index (κ2) is 5.57. The van der Waals surface area contributed by atoms with Crippen LogP contribution in [0.5, 0.6) is 11.5 Å². The van der Waals surface area contributed by atoms with Crippen molar-refractivity contribution < 1.29 is 9.47 Å². The molecule has 0 spiro atoms. The molecule has 1 atom stereocenters. The monoisotopic (exact) mass is 309 g/mol. The van der Waals surface area contributed by atoms with Crippen LogP contribution in [-0.4, -0.2) is 24.8 Å². The van der Waals surface area contributed by atoms with Crippen molar-refractivity contribution in [1.82, 2.24) is 4.90 Å². The zero-order valence-electron chi connectivity index (χ0n) is 13.8. The molecule has 23 heavy (non-hydrogen) atoms. The van der Waals surface area contributed by atoms with Crippen molar-refractivity contribution in [3.63, 3.8) is 0 Å². The minimum absolute atomic E-state index is 0.254. The van der Waals surface area contributed by atoms with Gasteiger partial charge in [0.2, 0.25) is 6.79 Å². The Balaban J connectivity index is 1.54. The molecule has 3 heteroatoms. The second-order valence-corrected chi connectivity index (χ2v) is 6.80. The Morgan fingerprint density at radius 2 is 1.78 bits per heavy atom. The van der Waals surface area contributed by atoms with E-state index in [1.165, 1.54) is 24.0 Å². The smallest absolute Gasteiger partial charge is 0.231 e. The molecular weight excluding hydrogens is 286 g/mol. The van der Waals surface area contributed by atoms with Crippen molar-refractivity contribution in [2.75, 3.05) is 13.8 Å². The maximum Gasteiger partial charge on any atom is 0.231 e. The summed E-state index contributed by atoms with van der Waals surface area (Å²) < 4.78 is 11.0. The van der Waals surface area contributed by atoms with Crippen molar-refractivity contribution >= 4 is 0 Å². The Morgan fingerprint density at radius 3 is 2.52 bits per heavy atom. The Bertz CT molecular complexity index is 694. The molecule has 1 heterocycles. The van der Waals surface area contributed by atoms with Crippen LogP contribution < -0.4 is 9.47 Å². The van der Waals surface area contributed by atoms with Gasteiger partial charge < -0.3 is 9.47 Å². The van der Waals surface area contributed by atoms with Crippen molar-refractivity contribution in [2.45, 2.75) is 37.8 Å². The maximum atomic E-state index is 5.56. The summed E-state index contributed by atoms with van der Waals surface area (Å²) in [5.74, 6) is 1.77. The maximum absolute atomic E-state index is 5.56. The number of likely N-dealkylation sites (N-methyl/N-ethyl adjacent to an activating group) is 1. The highest BCUT2D eigenvalue weighted by atomic mass is 16.7. The highest BCUT2D eigenvalue weighted by Gasteiger charge is 2.50. The van der Waals surface area contributed by atoms with E-state index in [0.29, 0.717) is 12.8 Å². The van der Waals surface area contributed by atoms with E-state index in [1.807, 2.05) is 0 Å². The van der Waals surface area contributed by atoms with Gasteiger partial charge in [0.25, 0.3) is 0 Å². The van der Waals surface area contributed by atoms with Gasteiger partial charge in [0, 0.05) is 18.0 Å². The van der Waals surface area contributed by atoms with Crippen molar-refractivity contribution in [3.8, 4) is 11.5 Å². The molecule has 0 amide bonds. The van der Waals surface area contributed by atoms with Gasteiger partial charge in [0.05, 0.1) is 0 Å². The Hall–Kier alpha value is -2.00. The fraction of sp³-hybridized carbons (Fsp3) is 0.400. The molecule has 1 fully saturated rings. The quantitative estimate of drug-likeness (QED) is 0.834. The molecule has 0 aromatic heterocycles. The number of hydrogen-bond donors (Lipinski definition) is 0. The van der Waals surface area contributed by atoms with Crippen LogP contribution in [0, 0.1) is 0 Å². The minimum atomic E-state index is 0.254. The van der Waals surface area contributed by atoms with Crippen LogP contribution in [0.2, 0.25) is 0 Å². The van der Waals surface area contributed by atoms with E-state index in [2.05, 4.69) is 67.4 Å². The van der Waals surface area contributed by atoms with E-state index in [0.717, 1.165) is 18.0 Å². The third-order valence-electron chi connectivity index (χ3n) is 5.47. The molecule has 4 rings (SSSR count). The topological polar surface area (TPSA) is 21.7 Å². The molecule has 1 saturated carbocycles. The van der Waals surface area contributed by atoms with Gasteiger partial charge in [-0.1, -0.05) is 36.4 Å². The van der Waals surface area contributed by atoms with E-state index in [9.17, 15) is 0 Å². The van der Waals surface area contributed by atoms with E-state index in [4.69, 9.17) is 9.47 Å². The van der Waals surface area contributed by atoms with Gasteiger partial charge in [-0.15, -0.1) is 0 Å². The first-order chi connectivity index (χ1) is 11.2. The van der Waals surface area contributed by atoms with Gasteiger partial charge in [-0.3, -0.25) is 4.90 Å². The van der Waals surface area contributed by atoms with Crippen LogP contribution in [0.15, 0.2) is 48.5 Å². The summed E-state index contributed by atoms with van der Waals surface area (Å²) in [6.45, 7) is 3.67. The normalized spacial score (nSPS) is 18.9. The standard InChI is InChI=1S/C20H23NO2/c1-15(21(2)13-16-6-4-3-5-7-16)20(10-11-20)17-8-9-18-19(12-17)23-14-22-18/h3-9,12,15H,10-11,13-14H2,1-2H3/t15-/m1/s1. The highest BCUT2D eigenvalue weighted by molar-refractivity contribution is 5.48. The van der Waals surface area contributed by atoms with E-state index in [1.54, 1.807) is 0 Å². The highest BCUT2D eigenvalue weighted by Crippen LogP contribution is 2.54. The Labute approximate surface area is 137 Å². The lowest BCUT2D eigenvalue weighted by Gasteiger charge is -2.33. The van der Waals surface area contributed by atoms with Gasteiger partial charge in [-0.05, 0) is 50.1 Å². The van der Waals surface area contributed by atoms with E-state index >= 15 is 0 Å². The van der Waals surface area contributed by atoms with Gasteiger partial charge in [0.1, 0.15) is 0 Å². The van der Waals surface area contributed by atoms with Gasteiger partial charge in [-0.25, -0.2) is 0 Å². The fourth-order valence-corrected chi connectivity index (χ4v) is 3.72. The molecule has 0 radical (unpaired) electrons. The first-order valence-electron chi connectivity index (χ1n) is 8.33. The van der Waals surface area contributed by atoms with Gasteiger partial charge in [-0.2, -0.15) is 0 Å². The lowest BCUT2D eigenvalue weighted by Crippen LogP contribution is -2.38. The number of fused-ring (bicyclic) bond motifs is 1. The zero-order valence-corrected chi connectivity index (χ0v) is 13.8. The zero-order chi connectivity index (χ0) is 15.9. The second-order valence-electron chi connectivity index (χ2n) is 6.80. The molecule has 2 aromatic carbocycles. The van der Waals surface area contributed by atoms with Crippen LogP contribution in [0.1, 0.15) is 30.9 Å². The van der Waals surface area contributed by atoms with Crippen molar-refractivity contribution in [3.05, 3.63) is 59.7 Å². The summed E-state index contributed by atoms with van der Waals surface area (Å²) >= 11 is 0. The molecule has 3 nitrogen and oxygen atoms in total. The van der Waals surface area contributed by atoms with Gasteiger partial charge in [0.15, 0.2) is 11.5 Å². The van der Waals surface area contributed by atoms with Gasteiger partial charge >= 0.3 is 0 Å². The Kier molecular flexibility index (Phi) is 3.53. The summed E-state index contributed by atoms with van der Waals surface area (Å²) in [7, 11) is 2.23. The summed E-state index contributed by atoms with van der Waals surface area (Å²) in [6, 6.07) is 17.6. The molecule has 2 aliphatic rings. The summed E-state index contributed by atoms with van der Waals surface area (Å²) in [4.78, 5) is 2.47. The number of ether oxygens (including phenoxy) is 2. The summed E-state index contributed by atoms with van der Waals surface area (Å²) in [5, 5.41) is 0. The van der Waals surface area contributed by atoms with Crippen LogP contribution in [0.3, 0.4) is 0 Å². The molecule has 0 saturated heterocycles. The third-order valence-corrected chi connectivity index (χ3v) is 5.47. The van der Waals surface area contributed by atoms with Crippen LogP contribution in [-0.2, 0) is 12.0 Å². The van der Waals surface area contributed by atoms with Crippen molar-refractivity contribution in [2.24, 2.45) is 0 Å². The molecule has 0 N–H and O–H groups in total. The third kappa shape index (κ3) is 2.59. The number of rotatable bonds is 5. The molecular formula is C20H23NO2. The average molecular weight is 309 g/mol. The van der Waals surface area contributed by atoms with Crippen LogP contribution >= 0.6 is 0 Å². The predicted molar refractivity (Wildman–Crippen MR) is 90.8 cm³/mol. The first kappa shape index (κ1) is 14.6. The molecule has 1 aliphatic heterocycles.